The van der Waals surface area contributed by atoms with Gasteiger partial charge in [-0.3, -0.25) is 4.79 Å². The molecule has 1 amide bonds. The second-order valence-corrected chi connectivity index (χ2v) is 7.20. The third-order valence-electron chi connectivity index (χ3n) is 2.95. The SMILES string of the molecule is CN(Cc1ccc(Br)s1)C(=O)Cc1ccc(OC(F)F)cc1. The summed E-state index contributed by atoms with van der Waals surface area (Å²) in [5, 5.41) is 0. The lowest BCUT2D eigenvalue weighted by Crippen LogP contribution is -2.27. The minimum Gasteiger partial charge on any atom is -0.435 e. The van der Waals surface area contributed by atoms with Crippen molar-refractivity contribution in [2.24, 2.45) is 0 Å². The number of hydrogen-bond donors (Lipinski definition) is 0. The van der Waals surface area contributed by atoms with Gasteiger partial charge >= 0.3 is 6.61 Å². The van der Waals surface area contributed by atoms with Crippen LogP contribution in [0.25, 0.3) is 0 Å². The summed E-state index contributed by atoms with van der Waals surface area (Å²) in [6.07, 6.45) is 0.220. The first-order valence-electron chi connectivity index (χ1n) is 6.46. The smallest absolute Gasteiger partial charge is 0.387 e. The van der Waals surface area contributed by atoms with Crippen LogP contribution in [0.1, 0.15) is 10.4 Å². The maximum absolute atomic E-state index is 12.2. The van der Waals surface area contributed by atoms with Gasteiger partial charge in [-0.15, -0.1) is 11.3 Å². The molecule has 0 atom stereocenters. The van der Waals surface area contributed by atoms with Crippen molar-refractivity contribution in [1.29, 1.82) is 0 Å². The van der Waals surface area contributed by atoms with Gasteiger partial charge in [-0.25, -0.2) is 0 Å². The standard InChI is InChI=1S/C15H14BrF2NO2S/c1-19(9-12-6-7-13(16)22-12)14(20)8-10-2-4-11(5-3-10)21-15(17)18/h2-7,15H,8-9H2,1H3. The van der Waals surface area contributed by atoms with Gasteiger partial charge < -0.3 is 9.64 Å². The van der Waals surface area contributed by atoms with E-state index in [9.17, 15) is 13.6 Å². The second kappa shape index (κ2) is 7.69. The van der Waals surface area contributed by atoms with Crippen molar-refractivity contribution in [3.63, 3.8) is 0 Å². The van der Waals surface area contributed by atoms with E-state index in [-0.39, 0.29) is 18.1 Å². The number of amides is 1. The van der Waals surface area contributed by atoms with Gasteiger partial charge in [0.1, 0.15) is 5.75 Å². The molecule has 0 aliphatic carbocycles. The predicted octanol–water partition coefficient (Wildman–Crippen LogP) is 4.31. The monoisotopic (exact) mass is 389 g/mol. The Morgan fingerprint density at radius 2 is 1.95 bits per heavy atom. The molecule has 2 rings (SSSR count). The van der Waals surface area contributed by atoms with E-state index < -0.39 is 6.61 Å². The van der Waals surface area contributed by atoms with E-state index in [1.165, 1.54) is 12.1 Å². The van der Waals surface area contributed by atoms with Gasteiger partial charge in [0.25, 0.3) is 0 Å². The molecule has 1 aromatic carbocycles. The lowest BCUT2D eigenvalue weighted by molar-refractivity contribution is -0.129. The Bertz CT molecular complexity index is 631. The molecular formula is C15H14BrF2NO2S. The van der Waals surface area contributed by atoms with Gasteiger partial charge in [0.15, 0.2) is 0 Å². The first-order valence-corrected chi connectivity index (χ1v) is 8.07. The van der Waals surface area contributed by atoms with E-state index in [1.807, 2.05) is 12.1 Å². The molecule has 0 spiro atoms. The van der Waals surface area contributed by atoms with E-state index in [4.69, 9.17) is 0 Å². The fourth-order valence-electron chi connectivity index (χ4n) is 1.86. The molecule has 0 N–H and O–H groups in total. The molecule has 0 aliphatic rings. The Balaban J connectivity index is 1.90. The molecule has 1 heterocycles. The average Bonchev–Trinajstić information content (AvgIpc) is 2.85. The Labute approximate surface area is 139 Å². The highest BCUT2D eigenvalue weighted by molar-refractivity contribution is 9.11. The van der Waals surface area contributed by atoms with Crippen molar-refractivity contribution in [3.05, 3.63) is 50.6 Å². The molecule has 0 aliphatic heterocycles. The van der Waals surface area contributed by atoms with Gasteiger partial charge in [-0.05, 0) is 45.8 Å². The van der Waals surface area contributed by atoms with Crippen LogP contribution in [-0.2, 0) is 17.8 Å². The summed E-state index contributed by atoms with van der Waals surface area (Å²) < 4.78 is 29.4. The predicted molar refractivity (Wildman–Crippen MR) is 85.3 cm³/mol. The molecule has 1 aromatic heterocycles. The summed E-state index contributed by atoms with van der Waals surface area (Å²) in [6, 6.07) is 10.0. The van der Waals surface area contributed by atoms with Crippen molar-refractivity contribution < 1.29 is 18.3 Å². The van der Waals surface area contributed by atoms with Gasteiger partial charge in [0.05, 0.1) is 16.8 Å². The van der Waals surface area contributed by atoms with Gasteiger partial charge in [0.2, 0.25) is 5.91 Å². The number of alkyl halides is 2. The lowest BCUT2D eigenvalue weighted by Gasteiger charge is -2.16. The number of carbonyl (C=O) groups is 1. The summed E-state index contributed by atoms with van der Waals surface area (Å²) in [7, 11) is 1.74. The first kappa shape index (κ1) is 16.9. The van der Waals surface area contributed by atoms with Crippen LogP contribution >= 0.6 is 27.3 Å². The van der Waals surface area contributed by atoms with Crippen molar-refractivity contribution in [3.8, 4) is 5.75 Å². The van der Waals surface area contributed by atoms with Crippen molar-refractivity contribution >= 4 is 33.2 Å². The molecule has 22 heavy (non-hydrogen) atoms. The van der Waals surface area contributed by atoms with Crippen LogP contribution in [0.5, 0.6) is 5.75 Å². The number of hydrogen-bond acceptors (Lipinski definition) is 3. The summed E-state index contributed by atoms with van der Waals surface area (Å²) in [4.78, 5) is 14.9. The zero-order chi connectivity index (χ0) is 16.1. The van der Waals surface area contributed by atoms with Crippen molar-refractivity contribution in [2.75, 3.05) is 7.05 Å². The summed E-state index contributed by atoms with van der Waals surface area (Å²) >= 11 is 4.97. The van der Waals surface area contributed by atoms with Crippen LogP contribution in [0.4, 0.5) is 8.78 Å². The molecule has 0 fully saturated rings. The Morgan fingerprint density at radius 3 is 2.50 bits per heavy atom. The third-order valence-corrected chi connectivity index (χ3v) is 4.56. The van der Waals surface area contributed by atoms with Crippen LogP contribution in [0, 0.1) is 0 Å². The maximum Gasteiger partial charge on any atom is 0.387 e. The maximum atomic E-state index is 12.2. The molecule has 0 radical (unpaired) electrons. The molecule has 3 nitrogen and oxygen atoms in total. The highest BCUT2D eigenvalue weighted by Gasteiger charge is 2.12. The van der Waals surface area contributed by atoms with Crippen LogP contribution in [0.15, 0.2) is 40.2 Å². The largest absolute Gasteiger partial charge is 0.435 e. The zero-order valence-corrected chi connectivity index (χ0v) is 14.2. The topological polar surface area (TPSA) is 29.5 Å². The molecule has 7 heteroatoms. The highest BCUT2D eigenvalue weighted by atomic mass is 79.9. The molecule has 118 valence electrons. The fraction of sp³-hybridized carbons (Fsp3) is 0.267. The van der Waals surface area contributed by atoms with E-state index >= 15 is 0 Å². The normalized spacial score (nSPS) is 10.8. The van der Waals surface area contributed by atoms with E-state index in [1.54, 1.807) is 35.4 Å². The number of nitrogens with zero attached hydrogens (tertiary/aromatic N) is 1. The number of benzene rings is 1. The summed E-state index contributed by atoms with van der Waals surface area (Å²) in [5.41, 5.74) is 0.755. The minimum atomic E-state index is -2.84. The zero-order valence-electron chi connectivity index (χ0n) is 11.8. The second-order valence-electron chi connectivity index (χ2n) is 4.65. The first-order chi connectivity index (χ1) is 10.4. The van der Waals surface area contributed by atoms with E-state index in [2.05, 4.69) is 20.7 Å². The number of likely N-dealkylation sites (N-methyl/N-ethyl adjacent to an activating group) is 1. The molecule has 2 aromatic rings. The highest BCUT2D eigenvalue weighted by Crippen LogP contribution is 2.23. The third kappa shape index (κ3) is 5.06. The van der Waals surface area contributed by atoms with Crippen LogP contribution in [-0.4, -0.2) is 24.5 Å². The molecular weight excluding hydrogens is 376 g/mol. The van der Waals surface area contributed by atoms with Gasteiger partial charge in [0, 0.05) is 11.9 Å². The van der Waals surface area contributed by atoms with Crippen LogP contribution < -0.4 is 4.74 Å². The van der Waals surface area contributed by atoms with Crippen LogP contribution in [0.2, 0.25) is 0 Å². The van der Waals surface area contributed by atoms with Crippen molar-refractivity contribution in [1.82, 2.24) is 4.90 Å². The Hall–Kier alpha value is -1.47. The van der Waals surface area contributed by atoms with Crippen LogP contribution in [0.3, 0.4) is 0 Å². The van der Waals surface area contributed by atoms with E-state index in [0.29, 0.717) is 6.54 Å². The summed E-state index contributed by atoms with van der Waals surface area (Å²) in [5.74, 6) is 0.0510. The molecule has 0 unspecified atom stereocenters. The number of carbonyl (C=O) groups excluding carboxylic acids is 1. The van der Waals surface area contributed by atoms with E-state index in [0.717, 1.165) is 14.2 Å². The number of thiophene rings is 1. The van der Waals surface area contributed by atoms with Gasteiger partial charge in [-0.1, -0.05) is 12.1 Å². The quantitative estimate of drug-likeness (QED) is 0.736. The number of rotatable bonds is 6. The fourth-order valence-corrected chi connectivity index (χ4v) is 3.39. The van der Waals surface area contributed by atoms with Crippen molar-refractivity contribution in [2.45, 2.75) is 19.6 Å². The molecule has 0 bridgehead atoms. The lowest BCUT2D eigenvalue weighted by atomic mass is 10.1. The van der Waals surface area contributed by atoms with Gasteiger partial charge in [-0.2, -0.15) is 8.78 Å². The minimum absolute atomic E-state index is 0.0351. The number of halogens is 3. The Kier molecular flexibility index (Phi) is 5.90. The Morgan fingerprint density at radius 1 is 1.27 bits per heavy atom. The average molecular weight is 390 g/mol. The molecule has 0 saturated heterocycles. The molecule has 0 saturated carbocycles. The number of ether oxygens (including phenoxy) is 1. The summed E-state index contributed by atoms with van der Waals surface area (Å²) in [6.45, 7) is -2.30.